The standard InChI is InChI=1S/C12H24N2O3/c1-6-11(3,4)14-10(17)13-8-12(5,7-2)9(15)16/h6-8H2,1-5H3,(H,15,16)(H2,13,14,17). The van der Waals surface area contributed by atoms with E-state index in [9.17, 15) is 9.59 Å². The van der Waals surface area contributed by atoms with Gasteiger partial charge in [-0.25, -0.2) is 4.79 Å². The number of nitrogens with one attached hydrogen (secondary N) is 2. The van der Waals surface area contributed by atoms with E-state index in [-0.39, 0.29) is 18.1 Å². The average molecular weight is 244 g/mol. The summed E-state index contributed by atoms with van der Waals surface area (Å²) in [4.78, 5) is 22.6. The van der Waals surface area contributed by atoms with E-state index in [1.54, 1.807) is 13.8 Å². The molecule has 0 aromatic heterocycles. The normalized spacial score (nSPS) is 14.9. The van der Waals surface area contributed by atoms with Gasteiger partial charge in [0.1, 0.15) is 0 Å². The number of urea groups is 1. The summed E-state index contributed by atoms with van der Waals surface area (Å²) in [7, 11) is 0. The predicted molar refractivity (Wildman–Crippen MR) is 66.9 cm³/mol. The van der Waals surface area contributed by atoms with E-state index in [2.05, 4.69) is 10.6 Å². The molecule has 100 valence electrons. The largest absolute Gasteiger partial charge is 0.481 e. The first-order valence-electron chi connectivity index (χ1n) is 5.96. The minimum Gasteiger partial charge on any atom is -0.481 e. The Kier molecular flexibility index (Phi) is 5.45. The molecule has 0 radical (unpaired) electrons. The highest BCUT2D eigenvalue weighted by molar-refractivity contribution is 5.78. The lowest BCUT2D eigenvalue weighted by Crippen LogP contribution is -2.51. The highest BCUT2D eigenvalue weighted by Crippen LogP contribution is 2.19. The molecule has 1 unspecified atom stereocenters. The zero-order valence-electron chi connectivity index (χ0n) is 11.4. The van der Waals surface area contributed by atoms with Crippen molar-refractivity contribution in [3.05, 3.63) is 0 Å². The molecule has 5 heteroatoms. The molecule has 0 spiro atoms. The smallest absolute Gasteiger partial charge is 0.315 e. The third-order valence-electron chi connectivity index (χ3n) is 3.27. The van der Waals surface area contributed by atoms with Gasteiger partial charge in [0.2, 0.25) is 0 Å². The maximum absolute atomic E-state index is 11.6. The SMILES string of the molecule is CCC(C)(C)NC(=O)NCC(C)(CC)C(=O)O. The minimum atomic E-state index is -0.909. The fourth-order valence-corrected chi connectivity index (χ4v) is 1.07. The second-order valence-corrected chi connectivity index (χ2v) is 5.26. The molecule has 0 saturated carbocycles. The Morgan fingerprint density at radius 2 is 1.65 bits per heavy atom. The van der Waals surface area contributed by atoms with E-state index in [1.807, 2.05) is 20.8 Å². The molecule has 0 bridgehead atoms. The average Bonchev–Trinajstić information content (AvgIpc) is 2.25. The second-order valence-electron chi connectivity index (χ2n) is 5.26. The maximum atomic E-state index is 11.6. The van der Waals surface area contributed by atoms with Crippen molar-refractivity contribution in [2.24, 2.45) is 5.41 Å². The first kappa shape index (κ1) is 15.7. The summed E-state index contributed by atoms with van der Waals surface area (Å²) in [6, 6.07) is -0.322. The van der Waals surface area contributed by atoms with Crippen LogP contribution in [-0.4, -0.2) is 29.2 Å². The first-order valence-corrected chi connectivity index (χ1v) is 5.96. The molecule has 0 heterocycles. The fourth-order valence-electron chi connectivity index (χ4n) is 1.07. The topological polar surface area (TPSA) is 78.4 Å². The van der Waals surface area contributed by atoms with Gasteiger partial charge >= 0.3 is 12.0 Å². The number of carbonyl (C=O) groups excluding carboxylic acids is 1. The van der Waals surface area contributed by atoms with Gasteiger partial charge in [0.25, 0.3) is 0 Å². The molecule has 0 aromatic carbocycles. The van der Waals surface area contributed by atoms with E-state index >= 15 is 0 Å². The van der Waals surface area contributed by atoms with Crippen LogP contribution in [0.25, 0.3) is 0 Å². The number of aliphatic carboxylic acids is 1. The van der Waals surface area contributed by atoms with Gasteiger partial charge in [0, 0.05) is 12.1 Å². The van der Waals surface area contributed by atoms with Crippen molar-refractivity contribution in [3.63, 3.8) is 0 Å². The van der Waals surface area contributed by atoms with E-state index in [0.717, 1.165) is 6.42 Å². The molecular weight excluding hydrogens is 220 g/mol. The van der Waals surface area contributed by atoms with Crippen LogP contribution in [0.1, 0.15) is 47.5 Å². The molecular formula is C12H24N2O3. The number of amides is 2. The molecule has 2 amide bonds. The maximum Gasteiger partial charge on any atom is 0.315 e. The Bertz CT molecular complexity index is 289. The molecule has 0 aliphatic heterocycles. The van der Waals surface area contributed by atoms with Gasteiger partial charge in [-0.05, 0) is 33.6 Å². The zero-order valence-corrected chi connectivity index (χ0v) is 11.4. The first-order chi connectivity index (χ1) is 7.67. The molecule has 0 aromatic rings. The monoisotopic (exact) mass is 244 g/mol. The van der Waals surface area contributed by atoms with Crippen LogP contribution in [0.3, 0.4) is 0 Å². The highest BCUT2D eigenvalue weighted by Gasteiger charge is 2.31. The highest BCUT2D eigenvalue weighted by atomic mass is 16.4. The summed E-state index contributed by atoms with van der Waals surface area (Å²) in [6.07, 6.45) is 1.28. The second kappa shape index (κ2) is 5.89. The summed E-state index contributed by atoms with van der Waals surface area (Å²) in [5, 5.41) is 14.5. The summed E-state index contributed by atoms with van der Waals surface area (Å²) in [6.45, 7) is 9.37. The van der Waals surface area contributed by atoms with Crippen molar-refractivity contribution < 1.29 is 14.7 Å². The molecule has 0 saturated heterocycles. The Labute approximate surface area is 103 Å². The van der Waals surface area contributed by atoms with Gasteiger partial charge in [-0.3, -0.25) is 4.79 Å². The number of carbonyl (C=O) groups is 2. The molecule has 1 atom stereocenters. The molecule has 0 aliphatic rings. The van der Waals surface area contributed by atoms with Crippen LogP contribution in [0.5, 0.6) is 0 Å². The summed E-state index contributed by atoms with van der Waals surface area (Å²) in [5.74, 6) is -0.893. The van der Waals surface area contributed by atoms with Crippen molar-refractivity contribution in [3.8, 4) is 0 Å². The lowest BCUT2D eigenvalue weighted by Gasteiger charge is -2.27. The van der Waals surface area contributed by atoms with E-state index in [4.69, 9.17) is 5.11 Å². The van der Waals surface area contributed by atoms with Gasteiger partial charge in [-0.15, -0.1) is 0 Å². The lowest BCUT2D eigenvalue weighted by atomic mass is 9.88. The Balaban J connectivity index is 4.29. The van der Waals surface area contributed by atoms with Crippen LogP contribution in [0, 0.1) is 5.41 Å². The Hall–Kier alpha value is -1.26. The fraction of sp³-hybridized carbons (Fsp3) is 0.833. The van der Waals surface area contributed by atoms with Gasteiger partial charge in [0.05, 0.1) is 5.41 Å². The molecule has 0 aliphatic carbocycles. The number of rotatable bonds is 6. The van der Waals surface area contributed by atoms with Gasteiger partial charge in [0.15, 0.2) is 0 Å². The van der Waals surface area contributed by atoms with Crippen molar-refractivity contribution in [2.45, 2.75) is 53.0 Å². The van der Waals surface area contributed by atoms with Crippen LogP contribution in [0.2, 0.25) is 0 Å². The number of carboxylic acids is 1. The molecule has 0 fully saturated rings. The van der Waals surface area contributed by atoms with Gasteiger partial charge in [-0.1, -0.05) is 13.8 Å². The van der Waals surface area contributed by atoms with E-state index in [1.165, 1.54) is 0 Å². The third kappa shape index (κ3) is 5.06. The Morgan fingerprint density at radius 3 is 2.00 bits per heavy atom. The van der Waals surface area contributed by atoms with Crippen molar-refractivity contribution in [2.75, 3.05) is 6.54 Å². The number of hydrogen-bond acceptors (Lipinski definition) is 2. The summed E-state index contributed by atoms with van der Waals surface area (Å²) < 4.78 is 0. The molecule has 3 N–H and O–H groups in total. The van der Waals surface area contributed by atoms with Gasteiger partial charge < -0.3 is 15.7 Å². The van der Waals surface area contributed by atoms with Gasteiger partial charge in [-0.2, -0.15) is 0 Å². The number of hydrogen-bond donors (Lipinski definition) is 3. The van der Waals surface area contributed by atoms with Crippen LogP contribution in [0.15, 0.2) is 0 Å². The van der Waals surface area contributed by atoms with E-state index in [0.29, 0.717) is 6.42 Å². The van der Waals surface area contributed by atoms with E-state index < -0.39 is 11.4 Å². The molecule has 5 nitrogen and oxygen atoms in total. The molecule has 17 heavy (non-hydrogen) atoms. The summed E-state index contributed by atoms with van der Waals surface area (Å²) in [5.41, 5.74) is -1.19. The van der Waals surface area contributed by atoms with Crippen molar-refractivity contribution >= 4 is 12.0 Å². The zero-order chi connectivity index (χ0) is 13.7. The minimum absolute atomic E-state index is 0.129. The van der Waals surface area contributed by atoms with Crippen LogP contribution in [-0.2, 0) is 4.79 Å². The van der Waals surface area contributed by atoms with Crippen LogP contribution in [0.4, 0.5) is 4.79 Å². The van der Waals surface area contributed by atoms with Crippen molar-refractivity contribution in [1.82, 2.24) is 10.6 Å². The van der Waals surface area contributed by atoms with Crippen LogP contribution < -0.4 is 10.6 Å². The summed E-state index contributed by atoms with van der Waals surface area (Å²) >= 11 is 0. The number of carboxylic acid groups (broad SMARTS) is 1. The van der Waals surface area contributed by atoms with Crippen molar-refractivity contribution in [1.29, 1.82) is 0 Å². The lowest BCUT2D eigenvalue weighted by molar-refractivity contribution is -0.147. The molecule has 0 rings (SSSR count). The Morgan fingerprint density at radius 1 is 1.12 bits per heavy atom. The quantitative estimate of drug-likeness (QED) is 0.668. The predicted octanol–water partition coefficient (Wildman–Crippen LogP) is 1.98. The van der Waals surface area contributed by atoms with Crippen LogP contribution >= 0.6 is 0 Å². The third-order valence-corrected chi connectivity index (χ3v) is 3.27.